The van der Waals surface area contributed by atoms with Crippen molar-refractivity contribution in [1.82, 2.24) is 4.90 Å². The average Bonchev–Trinajstić information content (AvgIpc) is 2.31. The molecule has 0 spiro atoms. The van der Waals surface area contributed by atoms with Crippen molar-refractivity contribution in [3.8, 4) is 6.07 Å². The van der Waals surface area contributed by atoms with Crippen molar-refractivity contribution >= 4 is 5.69 Å². The zero-order valence-electron chi connectivity index (χ0n) is 10.6. The maximum atomic E-state index is 13.5. The molecule has 18 heavy (non-hydrogen) atoms. The minimum atomic E-state index is -0.723. The van der Waals surface area contributed by atoms with Crippen LogP contribution in [0.15, 0.2) is 12.1 Å². The smallest absolute Gasteiger partial charge is 0.150 e. The van der Waals surface area contributed by atoms with Gasteiger partial charge in [0, 0.05) is 6.54 Å². The summed E-state index contributed by atoms with van der Waals surface area (Å²) in [5.41, 5.74) is -0.165. The zero-order chi connectivity index (χ0) is 13.5. The summed E-state index contributed by atoms with van der Waals surface area (Å²) >= 11 is 0. The van der Waals surface area contributed by atoms with Crippen LogP contribution in [0.2, 0.25) is 0 Å². The third-order valence-electron chi connectivity index (χ3n) is 2.51. The van der Waals surface area contributed by atoms with Crippen molar-refractivity contribution in [3.63, 3.8) is 0 Å². The summed E-state index contributed by atoms with van der Waals surface area (Å²) in [5, 5.41) is 11.3. The van der Waals surface area contributed by atoms with Crippen molar-refractivity contribution in [2.24, 2.45) is 0 Å². The molecule has 0 saturated carbocycles. The Morgan fingerprint density at radius 3 is 2.33 bits per heavy atom. The van der Waals surface area contributed by atoms with Crippen LogP contribution in [-0.2, 0) is 0 Å². The lowest BCUT2D eigenvalue weighted by Crippen LogP contribution is -2.14. The molecule has 98 valence electrons. The number of nitriles is 1. The van der Waals surface area contributed by atoms with Gasteiger partial charge in [-0.05, 0) is 45.6 Å². The van der Waals surface area contributed by atoms with Crippen LogP contribution >= 0.6 is 0 Å². The lowest BCUT2D eigenvalue weighted by Gasteiger charge is -2.11. The second kappa shape index (κ2) is 6.92. The number of nitrogens with one attached hydrogen (secondary N) is 1. The molecule has 1 rings (SSSR count). The summed E-state index contributed by atoms with van der Waals surface area (Å²) in [7, 11) is 3.96. The molecule has 0 heterocycles. The lowest BCUT2D eigenvalue weighted by atomic mass is 10.2. The number of benzene rings is 1. The van der Waals surface area contributed by atoms with Gasteiger partial charge < -0.3 is 10.2 Å². The third kappa shape index (κ3) is 4.30. The minimum absolute atomic E-state index is 0.0110. The van der Waals surface area contributed by atoms with E-state index in [0.29, 0.717) is 6.54 Å². The Labute approximate surface area is 106 Å². The first kappa shape index (κ1) is 14.4. The summed E-state index contributed by atoms with van der Waals surface area (Å²) in [6.07, 6.45) is 1.79. The standard InChI is InChI=1S/C13H17F2N3/c1-18(2)6-4-3-5-17-13-11(14)7-10(9-16)8-12(13)15/h7-8,17H,3-6H2,1-2H3. The Bertz CT molecular complexity index is 415. The van der Waals surface area contributed by atoms with Gasteiger partial charge in [-0.3, -0.25) is 0 Å². The van der Waals surface area contributed by atoms with Crippen LogP contribution in [0.4, 0.5) is 14.5 Å². The summed E-state index contributed by atoms with van der Waals surface area (Å²) in [4.78, 5) is 2.06. The molecule has 0 aliphatic heterocycles. The molecule has 0 amide bonds. The first-order chi connectivity index (χ1) is 8.54. The maximum Gasteiger partial charge on any atom is 0.150 e. The van der Waals surface area contributed by atoms with Gasteiger partial charge in [0.2, 0.25) is 0 Å². The zero-order valence-corrected chi connectivity index (χ0v) is 10.6. The highest BCUT2D eigenvalue weighted by atomic mass is 19.1. The van der Waals surface area contributed by atoms with Crippen molar-refractivity contribution in [3.05, 3.63) is 29.3 Å². The van der Waals surface area contributed by atoms with Crippen molar-refractivity contribution in [1.29, 1.82) is 5.26 Å². The SMILES string of the molecule is CN(C)CCCCNc1c(F)cc(C#N)cc1F. The van der Waals surface area contributed by atoms with Crippen LogP contribution < -0.4 is 5.32 Å². The molecule has 0 fully saturated rings. The van der Waals surface area contributed by atoms with Crippen molar-refractivity contribution in [2.75, 3.05) is 32.5 Å². The predicted octanol–water partition coefficient (Wildman–Crippen LogP) is 2.59. The van der Waals surface area contributed by atoms with E-state index >= 15 is 0 Å². The highest BCUT2D eigenvalue weighted by Crippen LogP contribution is 2.20. The summed E-state index contributed by atoms with van der Waals surface area (Å²) < 4.78 is 26.9. The van der Waals surface area contributed by atoms with Gasteiger partial charge >= 0.3 is 0 Å². The number of hydrogen-bond donors (Lipinski definition) is 1. The third-order valence-corrected chi connectivity index (χ3v) is 2.51. The van der Waals surface area contributed by atoms with Gasteiger partial charge in [-0.15, -0.1) is 0 Å². The molecule has 5 heteroatoms. The molecule has 0 bridgehead atoms. The van der Waals surface area contributed by atoms with Gasteiger partial charge in [0.25, 0.3) is 0 Å². The van der Waals surface area contributed by atoms with Crippen LogP contribution in [0.5, 0.6) is 0 Å². The molecular formula is C13H17F2N3. The van der Waals surface area contributed by atoms with Crippen LogP contribution in [0.1, 0.15) is 18.4 Å². The van der Waals surface area contributed by atoms with Gasteiger partial charge in [-0.1, -0.05) is 0 Å². The molecule has 0 radical (unpaired) electrons. The quantitative estimate of drug-likeness (QED) is 0.792. The minimum Gasteiger partial charge on any atom is -0.380 e. The molecule has 1 N–H and O–H groups in total. The first-order valence-electron chi connectivity index (χ1n) is 5.82. The van der Waals surface area contributed by atoms with E-state index in [1.165, 1.54) is 0 Å². The fraction of sp³-hybridized carbons (Fsp3) is 0.462. The maximum absolute atomic E-state index is 13.5. The summed E-state index contributed by atoms with van der Waals surface area (Å²) in [5.74, 6) is -1.45. The van der Waals surface area contributed by atoms with Gasteiger partial charge in [-0.2, -0.15) is 5.26 Å². The van der Waals surface area contributed by atoms with Gasteiger partial charge in [-0.25, -0.2) is 8.78 Å². The fourth-order valence-electron chi connectivity index (χ4n) is 1.57. The molecular weight excluding hydrogens is 236 g/mol. The molecule has 0 saturated heterocycles. The number of anilines is 1. The molecule has 0 unspecified atom stereocenters. The molecule has 0 aliphatic carbocycles. The normalized spacial score (nSPS) is 10.4. The number of rotatable bonds is 6. The van der Waals surface area contributed by atoms with E-state index in [1.54, 1.807) is 6.07 Å². The molecule has 0 aliphatic rings. The van der Waals surface area contributed by atoms with E-state index in [9.17, 15) is 8.78 Å². The Balaban J connectivity index is 2.50. The Kier molecular flexibility index (Phi) is 5.53. The highest BCUT2D eigenvalue weighted by molar-refractivity contribution is 5.50. The molecule has 3 nitrogen and oxygen atoms in total. The number of halogens is 2. The Hall–Kier alpha value is -1.67. The summed E-state index contributed by atoms with van der Waals surface area (Å²) in [6, 6.07) is 3.78. The first-order valence-corrected chi connectivity index (χ1v) is 5.82. The van der Waals surface area contributed by atoms with Crippen LogP contribution in [0, 0.1) is 23.0 Å². The largest absolute Gasteiger partial charge is 0.380 e. The molecule has 0 aromatic heterocycles. The highest BCUT2D eigenvalue weighted by Gasteiger charge is 2.10. The topological polar surface area (TPSA) is 39.1 Å². The van der Waals surface area contributed by atoms with E-state index in [-0.39, 0.29) is 11.3 Å². The Morgan fingerprint density at radius 2 is 1.83 bits per heavy atom. The number of nitrogens with zero attached hydrogens (tertiary/aromatic N) is 2. The fourth-order valence-corrected chi connectivity index (χ4v) is 1.57. The van der Waals surface area contributed by atoms with Gasteiger partial charge in [0.15, 0.2) is 11.6 Å². The second-order valence-electron chi connectivity index (χ2n) is 4.36. The van der Waals surface area contributed by atoms with Crippen molar-refractivity contribution < 1.29 is 8.78 Å². The van der Waals surface area contributed by atoms with Gasteiger partial charge in [0.1, 0.15) is 5.69 Å². The van der Waals surface area contributed by atoms with E-state index in [2.05, 4.69) is 10.2 Å². The van der Waals surface area contributed by atoms with Crippen LogP contribution in [-0.4, -0.2) is 32.1 Å². The van der Waals surface area contributed by atoms with Crippen molar-refractivity contribution in [2.45, 2.75) is 12.8 Å². The second-order valence-corrected chi connectivity index (χ2v) is 4.36. The van der Waals surface area contributed by atoms with Gasteiger partial charge in [0.05, 0.1) is 11.6 Å². The number of hydrogen-bond acceptors (Lipinski definition) is 3. The lowest BCUT2D eigenvalue weighted by molar-refractivity contribution is 0.396. The molecule has 0 atom stereocenters. The van der Waals surface area contributed by atoms with E-state index in [0.717, 1.165) is 31.5 Å². The molecule has 1 aromatic rings. The summed E-state index contributed by atoms with van der Waals surface area (Å²) in [6.45, 7) is 1.45. The monoisotopic (exact) mass is 253 g/mol. The Morgan fingerprint density at radius 1 is 1.22 bits per heavy atom. The molecule has 1 aromatic carbocycles. The van der Waals surface area contributed by atoms with Crippen LogP contribution in [0.3, 0.4) is 0 Å². The average molecular weight is 253 g/mol. The predicted molar refractivity (Wildman–Crippen MR) is 67.4 cm³/mol. The van der Waals surface area contributed by atoms with E-state index < -0.39 is 11.6 Å². The van der Waals surface area contributed by atoms with E-state index in [1.807, 2.05) is 14.1 Å². The van der Waals surface area contributed by atoms with Crippen LogP contribution in [0.25, 0.3) is 0 Å². The van der Waals surface area contributed by atoms with E-state index in [4.69, 9.17) is 5.26 Å². The number of unbranched alkanes of at least 4 members (excludes halogenated alkanes) is 1.